The van der Waals surface area contributed by atoms with Gasteiger partial charge in [0.25, 0.3) is 5.69 Å². The SMILES string of the molecule is CC(=O)Nc1ccc2c(c1[N+](=O)[O-])CNCC2(C)C. The molecule has 1 heterocycles. The van der Waals surface area contributed by atoms with Gasteiger partial charge in [-0.2, -0.15) is 0 Å². The van der Waals surface area contributed by atoms with E-state index in [0.29, 0.717) is 12.1 Å². The summed E-state index contributed by atoms with van der Waals surface area (Å²) in [6, 6.07) is 3.49. The van der Waals surface area contributed by atoms with Crippen molar-refractivity contribution < 1.29 is 9.72 Å². The summed E-state index contributed by atoms with van der Waals surface area (Å²) in [5.74, 6) is -0.314. The van der Waals surface area contributed by atoms with Crippen molar-refractivity contribution in [3.05, 3.63) is 33.4 Å². The number of benzene rings is 1. The van der Waals surface area contributed by atoms with Crippen molar-refractivity contribution in [1.82, 2.24) is 5.32 Å². The minimum Gasteiger partial charge on any atom is -0.321 e. The molecule has 19 heavy (non-hydrogen) atoms. The highest BCUT2D eigenvalue weighted by atomic mass is 16.6. The van der Waals surface area contributed by atoms with Crippen molar-refractivity contribution in [2.75, 3.05) is 11.9 Å². The van der Waals surface area contributed by atoms with E-state index >= 15 is 0 Å². The Bertz CT molecular complexity index is 552. The number of nitrogens with zero attached hydrogens (tertiary/aromatic N) is 1. The van der Waals surface area contributed by atoms with E-state index in [9.17, 15) is 14.9 Å². The minimum absolute atomic E-state index is 0.00650. The predicted octanol–water partition coefficient (Wildman–Crippen LogP) is 1.93. The van der Waals surface area contributed by atoms with Crippen LogP contribution < -0.4 is 10.6 Å². The summed E-state index contributed by atoms with van der Waals surface area (Å²) < 4.78 is 0. The summed E-state index contributed by atoms with van der Waals surface area (Å²) in [4.78, 5) is 22.0. The van der Waals surface area contributed by atoms with Gasteiger partial charge in [-0.05, 0) is 11.6 Å². The Kier molecular flexibility index (Phi) is 3.28. The third kappa shape index (κ3) is 2.44. The highest BCUT2D eigenvalue weighted by molar-refractivity contribution is 5.92. The summed E-state index contributed by atoms with van der Waals surface area (Å²) >= 11 is 0. The van der Waals surface area contributed by atoms with Crippen molar-refractivity contribution in [3.63, 3.8) is 0 Å². The first-order chi connectivity index (χ1) is 8.83. The van der Waals surface area contributed by atoms with E-state index in [1.807, 2.05) is 19.9 Å². The molecule has 0 saturated carbocycles. The van der Waals surface area contributed by atoms with Gasteiger partial charge >= 0.3 is 0 Å². The van der Waals surface area contributed by atoms with Crippen molar-refractivity contribution in [1.29, 1.82) is 0 Å². The molecule has 1 aromatic rings. The van der Waals surface area contributed by atoms with Crippen LogP contribution in [0.2, 0.25) is 0 Å². The van der Waals surface area contributed by atoms with E-state index in [1.54, 1.807) is 6.07 Å². The maximum absolute atomic E-state index is 11.3. The fourth-order valence-corrected chi connectivity index (χ4v) is 2.54. The van der Waals surface area contributed by atoms with E-state index in [4.69, 9.17) is 0 Å². The molecule has 1 aliphatic heterocycles. The zero-order chi connectivity index (χ0) is 14.2. The molecule has 0 fully saturated rings. The molecule has 1 amide bonds. The standard InChI is InChI=1S/C13H17N3O3/c1-8(17)15-11-5-4-10-9(12(11)16(18)19)6-14-7-13(10,2)3/h4-5,14H,6-7H2,1-3H3,(H,15,17). The monoisotopic (exact) mass is 263 g/mol. The molecule has 0 saturated heterocycles. The van der Waals surface area contributed by atoms with Gasteiger partial charge in [-0.15, -0.1) is 0 Å². The summed E-state index contributed by atoms with van der Waals surface area (Å²) in [5.41, 5.74) is 1.72. The van der Waals surface area contributed by atoms with Gasteiger partial charge in [0.15, 0.2) is 0 Å². The summed E-state index contributed by atoms with van der Waals surface area (Å²) in [7, 11) is 0. The second kappa shape index (κ2) is 4.62. The Hall–Kier alpha value is -1.95. The molecule has 2 N–H and O–H groups in total. The molecule has 2 rings (SSSR count). The molecule has 0 aromatic heterocycles. The maximum atomic E-state index is 11.3. The zero-order valence-electron chi connectivity index (χ0n) is 11.2. The maximum Gasteiger partial charge on any atom is 0.297 e. The lowest BCUT2D eigenvalue weighted by molar-refractivity contribution is -0.384. The quantitative estimate of drug-likeness (QED) is 0.630. The molecular formula is C13H17N3O3. The molecule has 1 aromatic carbocycles. The van der Waals surface area contributed by atoms with Crippen LogP contribution in [0.3, 0.4) is 0 Å². The van der Waals surface area contributed by atoms with Gasteiger partial charge in [0, 0.05) is 31.0 Å². The number of fused-ring (bicyclic) bond motifs is 1. The Morgan fingerprint density at radius 3 is 2.74 bits per heavy atom. The van der Waals surface area contributed by atoms with Crippen LogP contribution in [-0.4, -0.2) is 17.4 Å². The predicted molar refractivity (Wildman–Crippen MR) is 72.1 cm³/mol. The first-order valence-corrected chi connectivity index (χ1v) is 6.12. The number of rotatable bonds is 2. The van der Waals surface area contributed by atoms with Crippen molar-refractivity contribution >= 4 is 17.3 Å². The summed E-state index contributed by atoms with van der Waals surface area (Å²) in [5, 5.41) is 17.0. The Balaban J connectivity index is 2.63. The van der Waals surface area contributed by atoms with Crippen LogP contribution >= 0.6 is 0 Å². The number of anilines is 1. The van der Waals surface area contributed by atoms with Crippen molar-refractivity contribution in [2.24, 2.45) is 0 Å². The molecule has 1 aliphatic rings. The number of carbonyl (C=O) groups is 1. The van der Waals surface area contributed by atoms with E-state index < -0.39 is 4.92 Å². The Labute approximate surface area is 111 Å². The van der Waals surface area contributed by atoms with Crippen molar-refractivity contribution in [3.8, 4) is 0 Å². The molecule has 0 spiro atoms. The van der Waals surface area contributed by atoms with Crippen LogP contribution in [0.5, 0.6) is 0 Å². The van der Waals surface area contributed by atoms with Crippen molar-refractivity contribution in [2.45, 2.75) is 32.7 Å². The van der Waals surface area contributed by atoms with E-state index in [1.165, 1.54) is 6.92 Å². The zero-order valence-corrected chi connectivity index (χ0v) is 11.2. The molecule has 102 valence electrons. The fraction of sp³-hybridized carbons (Fsp3) is 0.462. The largest absolute Gasteiger partial charge is 0.321 e. The number of nitro benzene ring substituents is 1. The number of hydrogen-bond donors (Lipinski definition) is 2. The lowest BCUT2D eigenvalue weighted by atomic mass is 9.78. The first-order valence-electron chi connectivity index (χ1n) is 6.12. The molecule has 6 heteroatoms. The number of hydrogen-bond acceptors (Lipinski definition) is 4. The Morgan fingerprint density at radius 1 is 1.47 bits per heavy atom. The third-order valence-corrected chi connectivity index (χ3v) is 3.37. The van der Waals surface area contributed by atoms with E-state index in [2.05, 4.69) is 10.6 Å². The fourth-order valence-electron chi connectivity index (χ4n) is 2.54. The molecule has 0 aliphatic carbocycles. The summed E-state index contributed by atoms with van der Waals surface area (Å²) in [6.07, 6.45) is 0. The lowest BCUT2D eigenvalue weighted by Gasteiger charge is -2.33. The van der Waals surface area contributed by atoms with Gasteiger partial charge in [-0.3, -0.25) is 14.9 Å². The average molecular weight is 263 g/mol. The number of amides is 1. The minimum atomic E-state index is -0.423. The normalized spacial score (nSPS) is 16.6. The molecule has 0 unspecified atom stereocenters. The van der Waals surface area contributed by atoms with Gasteiger partial charge in [0.2, 0.25) is 5.91 Å². The van der Waals surface area contributed by atoms with E-state index in [-0.39, 0.29) is 22.7 Å². The van der Waals surface area contributed by atoms with Crippen LogP contribution in [0.25, 0.3) is 0 Å². The van der Waals surface area contributed by atoms with E-state index in [0.717, 1.165) is 12.1 Å². The van der Waals surface area contributed by atoms with Crippen LogP contribution in [-0.2, 0) is 16.8 Å². The summed E-state index contributed by atoms with van der Waals surface area (Å²) in [6.45, 7) is 6.64. The van der Waals surface area contributed by atoms with Gasteiger partial charge in [0.1, 0.15) is 5.69 Å². The molecule has 0 atom stereocenters. The van der Waals surface area contributed by atoms with Gasteiger partial charge in [-0.1, -0.05) is 19.9 Å². The van der Waals surface area contributed by atoms with Crippen LogP contribution in [0.4, 0.5) is 11.4 Å². The van der Waals surface area contributed by atoms with Crippen LogP contribution in [0.15, 0.2) is 12.1 Å². The lowest BCUT2D eigenvalue weighted by Crippen LogP contribution is -2.39. The first kappa shape index (κ1) is 13.5. The van der Waals surface area contributed by atoms with Crippen LogP contribution in [0.1, 0.15) is 31.9 Å². The van der Waals surface area contributed by atoms with Crippen LogP contribution in [0, 0.1) is 10.1 Å². The second-order valence-corrected chi connectivity index (χ2v) is 5.41. The molecular weight excluding hydrogens is 246 g/mol. The Morgan fingerprint density at radius 2 is 2.16 bits per heavy atom. The smallest absolute Gasteiger partial charge is 0.297 e. The van der Waals surface area contributed by atoms with Gasteiger partial charge < -0.3 is 10.6 Å². The average Bonchev–Trinajstić information content (AvgIpc) is 2.26. The highest BCUT2D eigenvalue weighted by Crippen LogP contribution is 2.38. The van der Waals surface area contributed by atoms with Gasteiger partial charge in [0.05, 0.1) is 4.92 Å². The second-order valence-electron chi connectivity index (χ2n) is 5.41. The number of nitro groups is 1. The highest BCUT2D eigenvalue weighted by Gasteiger charge is 2.33. The van der Waals surface area contributed by atoms with Gasteiger partial charge in [-0.25, -0.2) is 0 Å². The third-order valence-electron chi connectivity index (χ3n) is 3.37. The molecule has 6 nitrogen and oxygen atoms in total. The topological polar surface area (TPSA) is 84.3 Å². The molecule has 0 radical (unpaired) electrons. The number of nitrogens with one attached hydrogen (secondary N) is 2. The number of carbonyl (C=O) groups excluding carboxylic acids is 1. The molecule has 0 bridgehead atoms.